The first kappa shape index (κ1) is 15.5. The number of hydrogen-bond donors (Lipinski definition) is 1. The van der Waals surface area contributed by atoms with E-state index in [9.17, 15) is 4.39 Å². The number of nitrogens with zero attached hydrogens (tertiary/aromatic N) is 3. The molecule has 0 amide bonds. The largest absolute Gasteiger partial charge is 0.378 e. The molecule has 0 bridgehead atoms. The monoisotopic (exact) mass is 340 g/mol. The molecule has 1 N–H and O–H groups in total. The zero-order chi connectivity index (χ0) is 15.5. The maximum atomic E-state index is 14.3. The molecule has 2 aromatic rings. The summed E-state index contributed by atoms with van der Waals surface area (Å²) in [6.07, 6.45) is 1.74. The molecule has 118 valence electrons. The van der Waals surface area contributed by atoms with Gasteiger partial charge in [0.1, 0.15) is 5.82 Å². The van der Waals surface area contributed by atoms with Crippen LogP contribution < -0.4 is 10.2 Å². The molecule has 0 atom stereocenters. The van der Waals surface area contributed by atoms with Crippen LogP contribution >= 0.6 is 22.9 Å². The number of aromatic nitrogens is 1. The van der Waals surface area contributed by atoms with Gasteiger partial charge in [0, 0.05) is 37.3 Å². The highest BCUT2D eigenvalue weighted by atomic mass is 35.5. The number of nitrogens with one attached hydrogen (secondary N) is 1. The fourth-order valence-corrected chi connectivity index (χ4v) is 3.47. The Morgan fingerprint density at radius 2 is 2.09 bits per heavy atom. The van der Waals surface area contributed by atoms with Crippen LogP contribution in [0.5, 0.6) is 0 Å². The SMILES string of the molecule is CN1CCN(c2c(F)cccc2NCc2cnc(Cl)s2)CC1. The molecule has 1 saturated heterocycles. The van der Waals surface area contributed by atoms with Gasteiger partial charge in [-0.3, -0.25) is 0 Å². The summed E-state index contributed by atoms with van der Waals surface area (Å²) in [6, 6.07) is 5.17. The minimum absolute atomic E-state index is 0.183. The van der Waals surface area contributed by atoms with E-state index < -0.39 is 0 Å². The van der Waals surface area contributed by atoms with E-state index in [0.29, 0.717) is 16.7 Å². The summed E-state index contributed by atoms with van der Waals surface area (Å²) < 4.78 is 14.9. The molecular weight excluding hydrogens is 323 g/mol. The topological polar surface area (TPSA) is 31.4 Å². The molecule has 1 fully saturated rings. The zero-order valence-electron chi connectivity index (χ0n) is 12.4. The first-order valence-corrected chi connectivity index (χ1v) is 8.39. The van der Waals surface area contributed by atoms with Crippen molar-refractivity contribution in [1.29, 1.82) is 0 Å². The predicted octanol–water partition coefficient (Wildman–Crippen LogP) is 3.30. The van der Waals surface area contributed by atoms with E-state index in [1.54, 1.807) is 12.3 Å². The highest BCUT2D eigenvalue weighted by Crippen LogP contribution is 2.31. The van der Waals surface area contributed by atoms with Crippen molar-refractivity contribution < 1.29 is 4.39 Å². The molecule has 22 heavy (non-hydrogen) atoms. The van der Waals surface area contributed by atoms with Crippen molar-refractivity contribution in [2.45, 2.75) is 6.54 Å². The Morgan fingerprint density at radius 1 is 1.32 bits per heavy atom. The Balaban J connectivity index is 1.77. The Morgan fingerprint density at radius 3 is 2.77 bits per heavy atom. The van der Waals surface area contributed by atoms with Gasteiger partial charge in [-0.1, -0.05) is 17.7 Å². The van der Waals surface area contributed by atoms with Crippen LogP contribution in [0.4, 0.5) is 15.8 Å². The van der Waals surface area contributed by atoms with E-state index in [4.69, 9.17) is 11.6 Å². The van der Waals surface area contributed by atoms with Crippen LogP contribution in [0.3, 0.4) is 0 Å². The van der Waals surface area contributed by atoms with Gasteiger partial charge in [-0.2, -0.15) is 0 Å². The lowest BCUT2D eigenvalue weighted by atomic mass is 10.2. The number of thiazole rings is 1. The summed E-state index contributed by atoms with van der Waals surface area (Å²) in [6.45, 7) is 4.14. The summed E-state index contributed by atoms with van der Waals surface area (Å²) in [5, 5.41) is 3.31. The maximum absolute atomic E-state index is 14.3. The number of para-hydroxylation sites is 1. The van der Waals surface area contributed by atoms with Crippen molar-refractivity contribution >= 4 is 34.3 Å². The molecule has 1 aliphatic heterocycles. The normalized spacial score (nSPS) is 16.0. The van der Waals surface area contributed by atoms with Crippen molar-refractivity contribution in [2.75, 3.05) is 43.4 Å². The van der Waals surface area contributed by atoms with Crippen LogP contribution in [0.2, 0.25) is 4.47 Å². The number of hydrogen-bond acceptors (Lipinski definition) is 5. The zero-order valence-corrected chi connectivity index (χ0v) is 13.9. The number of rotatable bonds is 4. The summed E-state index contributed by atoms with van der Waals surface area (Å²) in [4.78, 5) is 9.41. The standard InChI is InChI=1S/C15H18ClFN4S/c1-20-5-7-21(8-6-20)14-12(17)3-2-4-13(14)18-9-11-10-19-15(16)22-11/h2-4,10,18H,5-9H2,1H3. The molecule has 7 heteroatoms. The summed E-state index contributed by atoms with van der Waals surface area (Å²) in [5.74, 6) is -0.183. The van der Waals surface area contributed by atoms with Crippen LogP contribution in [0, 0.1) is 5.82 Å². The number of benzene rings is 1. The maximum Gasteiger partial charge on any atom is 0.183 e. The molecule has 4 nitrogen and oxygen atoms in total. The molecule has 1 aliphatic rings. The van der Waals surface area contributed by atoms with Crippen LogP contribution in [-0.2, 0) is 6.54 Å². The fourth-order valence-electron chi connectivity index (χ4n) is 2.56. The van der Waals surface area contributed by atoms with E-state index >= 15 is 0 Å². The van der Waals surface area contributed by atoms with Gasteiger partial charge in [-0.05, 0) is 19.2 Å². The Hall–Kier alpha value is -1.37. The van der Waals surface area contributed by atoms with Gasteiger partial charge in [-0.15, -0.1) is 11.3 Å². The van der Waals surface area contributed by atoms with Crippen molar-refractivity contribution in [3.8, 4) is 0 Å². The van der Waals surface area contributed by atoms with Gasteiger partial charge < -0.3 is 15.1 Å². The summed E-state index contributed by atoms with van der Waals surface area (Å²) in [7, 11) is 2.09. The average molecular weight is 341 g/mol. The Bertz CT molecular complexity index is 640. The molecule has 0 unspecified atom stereocenters. The second-order valence-electron chi connectivity index (χ2n) is 5.36. The van der Waals surface area contributed by atoms with Crippen LogP contribution in [-0.4, -0.2) is 43.1 Å². The van der Waals surface area contributed by atoms with Gasteiger partial charge in [-0.25, -0.2) is 9.37 Å². The summed E-state index contributed by atoms with van der Waals surface area (Å²) >= 11 is 7.27. The van der Waals surface area contributed by atoms with Crippen LogP contribution in [0.15, 0.2) is 24.4 Å². The van der Waals surface area contributed by atoms with E-state index in [1.807, 2.05) is 6.07 Å². The van der Waals surface area contributed by atoms with Gasteiger partial charge in [0.15, 0.2) is 4.47 Å². The van der Waals surface area contributed by atoms with Crippen LogP contribution in [0.1, 0.15) is 4.88 Å². The molecule has 0 radical (unpaired) electrons. The highest BCUT2D eigenvalue weighted by molar-refractivity contribution is 7.15. The number of piperazine rings is 1. The molecule has 1 aromatic carbocycles. The quantitative estimate of drug-likeness (QED) is 0.925. The third-order valence-electron chi connectivity index (χ3n) is 3.78. The lowest BCUT2D eigenvalue weighted by molar-refractivity contribution is 0.312. The number of anilines is 2. The van der Waals surface area contributed by atoms with Gasteiger partial charge in [0.05, 0.1) is 17.9 Å². The first-order valence-electron chi connectivity index (χ1n) is 7.19. The lowest BCUT2D eigenvalue weighted by Crippen LogP contribution is -2.45. The van der Waals surface area contributed by atoms with Crippen molar-refractivity contribution in [3.05, 3.63) is 39.6 Å². The van der Waals surface area contributed by atoms with Crippen LogP contribution in [0.25, 0.3) is 0 Å². The minimum Gasteiger partial charge on any atom is -0.378 e. The average Bonchev–Trinajstić information content (AvgIpc) is 2.92. The Labute approximate surface area is 138 Å². The number of halogens is 2. The highest BCUT2D eigenvalue weighted by Gasteiger charge is 2.20. The smallest absolute Gasteiger partial charge is 0.183 e. The van der Waals surface area contributed by atoms with Crippen molar-refractivity contribution in [2.24, 2.45) is 0 Å². The lowest BCUT2D eigenvalue weighted by Gasteiger charge is -2.35. The van der Waals surface area contributed by atoms with Gasteiger partial charge in [0.2, 0.25) is 0 Å². The minimum atomic E-state index is -0.183. The fraction of sp³-hybridized carbons (Fsp3) is 0.400. The second-order valence-corrected chi connectivity index (χ2v) is 7.06. The third kappa shape index (κ3) is 3.51. The van der Waals surface area contributed by atoms with Crippen molar-refractivity contribution in [3.63, 3.8) is 0 Å². The first-order chi connectivity index (χ1) is 10.6. The summed E-state index contributed by atoms with van der Waals surface area (Å²) in [5.41, 5.74) is 1.47. The number of likely N-dealkylation sites (N-methyl/N-ethyl adjacent to an activating group) is 1. The van der Waals surface area contributed by atoms with E-state index in [0.717, 1.165) is 36.7 Å². The Kier molecular flexibility index (Phi) is 4.81. The van der Waals surface area contributed by atoms with E-state index in [-0.39, 0.29) is 5.82 Å². The van der Waals surface area contributed by atoms with Crippen molar-refractivity contribution in [1.82, 2.24) is 9.88 Å². The molecule has 3 rings (SSSR count). The van der Waals surface area contributed by atoms with Gasteiger partial charge >= 0.3 is 0 Å². The molecule has 2 heterocycles. The van der Waals surface area contributed by atoms with E-state index in [2.05, 4.69) is 27.1 Å². The molecular formula is C15H18ClFN4S. The second kappa shape index (κ2) is 6.81. The van der Waals surface area contributed by atoms with E-state index in [1.165, 1.54) is 17.4 Å². The third-order valence-corrected chi connectivity index (χ3v) is 4.90. The molecule has 0 spiro atoms. The molecule has 0 aliphatic carbocycles. The molecule has 0 saturated carbocycles. The predicted molar refractivity (Wildman–Crippen MR) is 90.6 cm³/mol. The molecule has 1 aromatic heterocycles. The van der Waals surface area contributed by atoms with Gasteiger partial charge in [0.25, 0.3) is 0 Å².